The van der Waals surface area contributed by atoms with Gasteiger partial charge in [0.2, 0.25) is 0 Å². The Morgan fingerprint density at radius 1 is 1.16 bits per heavy atom. The number of furan rings is 1. The molecule has 0 saturated heterocycles. The second kappa shape index (κ2) is 10.9. The second-order valence-electron chi connectivity index (χ2n) is 6.22. The lowest BCUT2D eigenvalue weighted by Crippen LogP contribution is -2.41. The third-order valence-electron chi connectivity index (χ3n) is 3.91. The highest BCUT2D eigenvalue weighted by Crippen LogP contribution is 2.32. The van der Waals surface area contributed by atoms with Crippen molar-refractivity contribution in [1.29, 1.82) is 0 Å². The first-order valence-corrected chi connectivity index (χ1v) is 10.4. The number of hydrogen-bond donors (Lipinski definition) is 2. The average Bonchev–Trinajstić information content (AvgIpc) is 3.44. The summed E-state index contributed by atoms with van der Waals surface area (Å²) in [6, 6.07) is 10.2. The molecule has 3 amide bonds. The Labute approximate surface area is 182 Å². The van der Waals surface area contributed by atoms with E-state index in [-0.39, 0.29) is 13.0 Å². The van der Waals surface area contributed by atoms with Crippen LogP contribution in [0.15, 0.2) is 52.5 Å². The summed E-state index contributed by atoms with van der Waals surface area (Å²) in [6.07, 6.45) is 1.38. The number of amides is 3. The van der Waals surface area contributed by atoms with E-state index >= 15 is 0 Å². The van der Waals surface area contributed by atoms with Crippen LogP contribution in [0.3, 0.4) is 0 Å². The molecular formula is C21H21N3O6S. The maximum atomic E-state index is 12.0. The van der Waals surface area contributed by atoms with E-state index in [0.29, 0.717) is 18.1 Å². The van der Waals surface area contributed by atoms with Gasteiger partial charge in [-0.15, -0.1) is 11.3 Å². The zero-order chi connectivity index (χ0) is 22.1. The molecule has 3 aromatic rings. The van der Waals surface area contributed by atoms with Crippen LogP contribution in [0.4, 0.5) is 4.79 Å². The zero-order valence-electron chi connectivity index (χ0n) is 16.8. The molecule has 9 nitrogen and oxygen atoms in total. The Hall–Kier alpha value is -3.66. The van der Waals surface area contributed by atoms with Gasteiger partial charge in [-0.25, -0.2) is 9.78 Å². The predicted molar refractivity (Wildman–Crippen MR) is 112 cm³/mol. The summed E-state index contributed by atoms with van der Waals surface area (Å²) in [6.45, 7) is 1.99. The molecule has 0 bridgehead atoms. The molecule has 2 aromatic heterocycles. The molecular weight excluding hydrogens is 422 g/mol. The quantitative estimate of drug-likeness (QED) is 0.488. The number of imide groups is 1. The Balaban J connectivity index is 1.44. The summed E-state index contributed by atoms with van der Waals surface area (Å²) in [5, 5.41) is 6.99. The lowest BCUT2D eigenvalue weighted by atomic mass is 10.2. The highest BCUT2D eigenvalue weighted by molar-refractivity contribution is 7.13. The van der Waals surface area contributed by atoms with Crippen LogP contribution in [0.2, 0.25) is 0 Å². The predicted octanol–water partition coefficient (Wildman–Crippen LogP) is 2.91. The number of hydrogen-bond acceptors (Lipinski definition) is 8. The molecule has 10 heteroatoms. The van der Waals surface area contributed by atoms with E-state index in [1.807, 2.05) is 31.2 Å². The van der Waals surface area contributed by atoms with Crippen LogP contribution in [0.25, 0.3) is 10.6 Å². The van der Waals surface area contributed by atoms with E-state index in [4.69, 9.17) is 13.9 Å². The normalized spacial score (nSPS) is 10.4. The van der Waals surface area contributed by atoms with Crippen molar-refractivity contribution in [3.05, 3.63) is 59.5 Å². The van der Waals surface area contributed by atoms with Gasteiger partial charge in [0.05, 0.1) is 37.1 Å². The van der Waals surface area contributed by atoms with Crippen LogP contribution in [0.5, 0.6) is 5.75 Å². The standard InChI is InChI=1S/C21H21N3O6S/c1-2-28-17-8-4-3-7-16(17)20-23-14(13-31-20)10-19(26)30-12-18(25)24-21(27)22-11-15-6-5-9-29-15/h3-9,13H,2,10-12H2,1H3,(H2,22,24,25,27). The molecule has 2 heterocycles. The van der Waals surface area contributed by atoms with Crippen LogP contribution in [-0.2, 0) is 27.3 Å². The molecule has 1 aromatic carbocycles. The Morgan fingerprint density at radius 2 is 2.00 bits per heavy atom. The number of nitrogens with one attached hydrogen (secondary N) is 2. The van der Waals surface area contributed by atoms with Crippen molar-refractivity contribution in [2.75, 3.05) is 13.2 Å². The molecule has 0 spiro atoms. The van der Waals surface area contributed by atoms with Gasteiger partial charge in [-0.2, -0.15) is 0 Å². The topological polar surface area (TPSA) is 120 Å². The number of aromatic nitrogens is 1. The highest BCUT2D eigenvalue weighted by Gasteiger charge is 2.15. The van der Waals surface area contributed by atoms with Gasteiger partial charge < -0.3 is 19.2 Å². The molecule has 0 fully saturated rings. The first kappa shape index (κ1) is 22.0. The SMILES string of the molecule is CCOc1ccccc1-c1nc(CC(=O)OCC(=O)NC(=O)NCc2ccco2)cs1. The van der Waals surface area contributed by atoms with E-state index in [0.717, 1.165) is 16.3 Å². The average molecular weight is 443 g/mol. The highest BCUT2D eigenvalue weighted by atomic mass is 32.1. The van der Waals surface area contributed by atoms with Crippen molar-refractivity contribution >= 4 is 29.2 Å². The van der Waals surface area contributed by atoms with Gasteiger partial charge in [-0.05, 0) is 31.2 Å². The molecule has 0 unspecified atom stereocenters. The third-order valence-corrected chi connectivity index (χ3v) is 4.84. The number of thiazole rings is 1. The molecule has 2 N–H and O–H groups in total. The maximum absolute atomic E-state index is 12.0. The van der Waals surface area contributed by atoms with E-state index in [1.54, 1.807) is 17.5 Å². The van der Waals surface area contributed by atoms with Crippen LogP contribution < -0.4 is 15.4 Å². The molecule has 0 saturated carbocycles. The van der Waals surface area contributed by atoms with Crippen molar-refractivity contribution in [1.82, 2.24) is 15.6 Å². The van der Waals surface area contributed by atoms with Gasteiger partial charge in [0, 0.05) is 5.38 Å². The fraction of sp³-hybridized carbons (Fsp3) is 0.238. The third kappa shape index (κ3) is 6.68. The van der Waals surface area contributed by atoms with Crippen LogP contribution in [-0.4, -0.2) is 36.1 Å². The van der Waals surface area contributed by atoms with Crippen molar-refractivity contribution in [2.45, 2.75) is 19.9 Å². The molecule has 0 atom stereocenters. The molecule has 0 aliphatic rings. The molecule has 0 aliphatic carbocycles. The summed E-state index contributed by atoms with van der Waals surface area (Å²) in [5.74, 6) is -0.105. The van der Waals surface area contributed by atoms with Crippen molar-refractivity contribution in [3.8, 4) is 16.3 Å². The van der Waals surface area contributed by atoms with Crippen molar-refractivity contribution in [3.63, 3.8) is 0 Å². The number of rotatable bonds is 9. The summed E-state index contributed by atoms with van der Waals surface area (Å²) >= 11 is 1.38. The molecule has 162 valence electrons. The molecule has 3 rings (SSSR count). The number of ether oxygens (including phenoxy) is 2. The number of esters is 1. The van der Waals surface area contributed by atoms with Crippen LogP contribution in [0.1, 0.15) is 18.4 Å². The monoisotopic (exact) mass is 443 g/mol. The summed E-state index contributed by atoms with van der Waals surface area (Å²) in [7, 11) is 0. The number of carbonyl (C=O) groups excluding carboxylic acids is 3. The first-order chi connectivity index (χ1) is 15.0. The Morgan fingerprint density at radius 3 is 2.77 bits per heavy atom. The van der Waals surface area contributed by atoms with Gasteiger partial charge in [0.1, 0.15) is 16.5 Å². The Bertz CT molecular complexity index is 1030. The molecule has 0 aliphatic heterocycles. The number of urea groups is 1. The van der Waals surface area contributed by atoms with E-state index in [9.17, 15) is 14.4 Å². The van der Waals surface area contributed by atoms with Gasteiger partial charge in [0.25, 0.3) is 5.91 Å². The number of nitrogens with zero attached hydrogens (tertiary/aromatic N) is 1. The summed E-state index contributed by atoms with van der Waals surface area (Å²) in [5.41, 5.74) is 1.36. The second-order valence-corrected chi connectivity index (χ2v) is 7.08. The van der Waals surface area contributed by atoms with E-state index in [2.05, 4.69) is 15.6 Å². The minimum absolute atomic E-state index is 0.0920. The van der Waals surface area contributed by atoms with Gasteiger partial charge in [-0.3, -0.25) is 14.9 Å². The Kier molecular flexibility index (Phi) is 7.77. The molecule has 31 heavy (non-hydrogen) atoms. The fourth-order valence-electron chi connectivity index (χ4n) is 2.57. The van der Waals surface area contributed by atoms with E-state index < -0.39 is 24.5 Å². The minimum Gasteiger partial charge on any atom is -0.493 e. The van der Waals surface area contributed by atoms with Gasteiger partial charge >= 0.3 is 12.0 Å². The maximum Gasteiger partial charge on any atom is 0.321 e. The van der Waals surface area contributed by atoms with Crippen LogP contribution >= 0.6 is 11.3 Å². The van der Waals surface area contributed by atoms with Gasteiger partial charge in [0.15, 0.2) is 6.61 Å². The molecule has 0 radical (unpaired) electrons. The smallest absolute Gasteiger partial charge is 0.321 e. The number of carbonyl (C=O) groups is 3. The number of para-hydroxylation sites is 1. The van der Waals surface area contributed by atoms with Crippen molar-refractivity contribution < 1.29 is 28.3 Å². The number of benzene rings is 1. The minimum atomic E-state index is -0.741. The summed E-state index contributed by atoms with van der Waals surface area (Å²) < 4.78 is 15.6. The largest absolute Gasteiger partial charge is 0.493 e. The van der Waals surface area contributed by atoms with Crippen molar-refractivity contribution in [2.24, 2.45) is 0 Å². The fourth-order valence-corrected chi connectivity index (χ4v) is 3.42. The first-order valence-electron chi connectivity index (χ1n) is 9.47. The van der Waals surface area contributed by atoms with Crippen LogP contribution in [0, 0.1) is 0 Å². The lowest BCUT2D eigenvalue weighted by Gasteiger charge is -2.07. The summed E-state index contributed by atoms with van der Waals surface area (Å²) in [4.78, 5) is 39.9. The van der Waals surface area contributed by atoms with E-state index in [1.165, 1.54) is 17.6 Å². The van der Waals surface area contributed by atoms with Gasteiger partial charge in [-0.1, -0.05) is 12.1 Å². The lowest BCUT2D eigenvalue weighted by molar-refractivity contribution is -0.147. The zero-order valence-corrected chi connectivity index (χ0v) is 17.6.